The quantitative estimate of drug-likeness (QED) is 0.401. The van der Waals surface area contributed by atoms with Crippen LogP contribution in [0.25, 0.3) is 0 Å². The summed E-state index contributed by atoms with van der Waals surface area (Å²) < 4.78 is 35.9. The normalized spacial score (nSPS) is 11.6. The minimum Gasteiger partial charge on any atom is -0.493 e. The van der Waals surface area contributed by atoms with Gasteiger partial charge < -0.3 is 9.47 Å². The van der Waals surface area contributed by atoms with E-state index >= 15 is 0 Å². The molecular weight excluding hydrogens is 364 g/mol. The highest BCUT2D eigenvalue weighted by Crippen LogP contribution is 2.27. The van der Waals surface area contributed by atoms with Crippen LogP contribution in [0.2, 0.25) is 0 Å². The summed E-state index contributed by atoms with van der Waals surface area (Å²) in [5.41, 5.74) is 2.23. The average molecular weight is 391 g/mol. The molecule has 0 saturated carbocycles. The second kappa shape index (κ2) is 9.41. The molecular formula is C20H26N2O4S. The molecule has 0 saturated heterocycles. The van der Waals surface area contributed by atoms with Gasteiger partial charge in [-0.15, -0.1) is 0 Å². The number of nitrogens with zero attached hydrogens (tertiary/aromatic N) is 1. The Kier molecular flexibility index (Phi) is 7.24. The van der Waals surface area contributed by atoms with Crippen LogP contribution in [0.4, 0.5) is 0 Å². The van der Waals surface area contributed by atoms with Crippen LogP contribution in [0.1, 0.15) is 36.5 Å². The lowest BCUT2D eigenvalue weighted by atomic mass is 10.2. The van der Waals surface area contributed by atoms with Crippen molar-refractivity contribution in [3.05, 3.63) is 53.1 Å². The maximum atomic E-state index is 12.4. The maximum absolute atomic E-state index is 12.4. The van der Waals surface area contributed by atoms with Gasteiger partial charge in [0, 0.05) is 0 Å². The van der Waals surface area contributed by atoms with Gasteiger partial charge in [-0.05, 0) is 61.2 Å². The topological polar surface area (TPSA) is 77.0 Å². The third kappa shape index (κ3) is 5.72. The molecule has 2 aromatic carbocycles. The van der Waals surface area contributed by atoms with Crippen LogP contribution in [0.15, 0.2) is 46.4 Å². The molecule has 0 unspecified atom stereocenters. The van der Waals surface area contributed by atoms with E-state index < -0.39 is 10.0 Å². The lowest BCUT2D eigenvalue weighted by Crippen LogP contribution is -2.19. The Morgan fingerprint density at radius 2 is 1.89 bits per heavy atom. The molecule has 7 heteroatoms. The summed E-state index contributed by atoms with van der Waals surface area (Å²) in [7, 11) is -2.16. The maximum Gasteiger partial charge on any atom is 0.276 e. The zero-order valence-electron chi connectivity index (χ0n) is 16.2. The summed E-state index contributed by atoms with van der Waals surface area (Å²) in [5.74, 6) is 1.23. The highest BCUT2D eigenvalue weighted by molar-refractivity contribution is 7.89. The van der Waals surface area contributed by atoms with E-state index in [1.54, 1.807) is 44.4 Å². The Bertz CT molecular complexity index is 908. The fourth-order valence-electron chi connectivity index (χ4n) is 2.43. The number of hydrazone groups is 1. The Morgan fingerprint density at radius 3 is 2.59 bits per heavy atom. The van der Waals surface area contributed by atoms with E-state index in [9.17, 15) is 8.42 Å². The molecule has 0 aliphatic heterocycles. The van der Waals surface area contributed by atoms with Crippen molar-refractivity contribution in [3.8, 4) is 11.5 Å². The number of unbranched alkanes of at least 4 members (excludes halogenated alkanes) is 1. The second-order valence-corrected chi connectivity index (χ2v) is 7.86. The minimum atomic E-state index is -3.73. The first kappa shape index (κ1) is 20.8. The van der Waals surface area contributed by atoms with Gasteiger partial charge in [0.1, 0.15) is 0 Å². The smallest absolute Gasteiger partial charge is 0.276 e. The van der Waals surface area contributed by atoms with Gasteiger partial charge in [-0.2, -0.15) is 13.5 Å². The lowest BCUT2D eigenvalue weighted by molar-refractivity contribution is 0.288. The molecule has 0 aromatic heterocycles. The summed E-state index contributed by atoms with van der Waals surface area (Å²) >= 11 is 0. The van der Waals surface area contributed by atoms with E-state index in [0.717, 1.165) is 18.4 Å². The molecule has 0 atom stereocenters. The van der Waals surface area contributed by atoms with Gasteiger partial charge in [0.25, 0.3) is 10.0 Å². The largest absolute Gasteiger partial charge is 0.493 e. The first-order chi connectivity index (χ1) is 12.9. The lowest BCUT2D eigenvalue weighted by Gasteiger charge is -2.11. The van der Waals surface area contributed by atoms with Crippen LogP contribution < -0.4 is 14.3 Å². The molecule has 0 amide bonds. The molecule has 0 bridgehead atoms. The zero-order valence-corrected chi connectivity index (χ0v) is 17.0. The molecule has 1 N–H and O–H groups in total. The van der Waals surface area contributed by atoms with E-state index in [-0.39, 0.29) is 4.90 Å². The van der Waals surface area contributed by atoms with Crippen molar-refractivity contribution in [1.29, 1.82) is 0 Å². The van der Waals surface area contributed by atoms with E-state index in [1.807, 2.05) is 13.0 Å². The van der Waals surface area contributed by atoms with Crippen molar-refractivity contribution < 1.29 is 17.9 Å². The fraction of sp³-hybridized carbons (Fsp3) is 0.350. The Labute approximate surface area is 161 Å². The molecule has 0 spiro atoms. The number of methoxy groups -OCH3 is 1. The first-order valence-corrected chi connectivity index (χ1v) is 10.3. The van der Waals surface area contributed by atoms with Gasteiger partial charge in [0.2, 0.25) is 0 Å². The number of hydrogen-bond donors (Lipinski definition) is 1. The van der Waals surface area contributed by atoms with Crippen molar-refractivity contribution in [2.45, 2.75) is 38.5 Å². The third-order valence-electron chi connectivity index (χ3n) is 3.96. The number of aryl methyl sites for hydroxylation is 2. The van der Waals surface area contributed by atoms with Gasteiger partial charge in [-0.3, -0.25) is 0 Å². The van der Waals surface area contributed by atoms with Crippen LogP contribution in [0.3, 0.4) is 0 Å². The van der Waals surface area contributed by atoms with E-state index in [1.165, 1.54) is 6.21 Å². The highest BCUT2D eigenvalue weighted by Gasteiger charge is 2.15. The van der Waals surface area contributed by atoms with Crippen LogP contribution in [0, 0.1) is 13.8 Å². The van der Waals surface area contributed by atoms with E-state index in [4.69, 9.17) is 9.47 Å². The zero-order chi connectivity index (χ0) is 19.9. The molecule has 146 valence electrons. The number of sulfonamides is 1. The Morgan fingerprint density at radius 1 is 1.11 bits per heavy atom. The molecule has 6 nitrogen and oxygen atoms in total. The molecule has 27 heavy (non-hydrogen) atoms. The number of hydrogen-bond acceptors (Lipinski definition) is 5. The van der Waals surface area contributed by atoms with Crippen LogP contribution in [-0.4, -0.2) is 28.3 Å². The fourth-order valence-corrected chi connectivity index (χ4v) is 3.55. The molecule has 0 aliphatic rings. The monoisotopic (exact) mass is 390 g/mol. The number of benzene rings is 2. The molecule has 2 aromatic rings. The van der Waals surface area contributed by atoms with Crippen LogP contribution in [0.5, 0.6) is 11.5 Å². The van der Waals surface area contributed by atoms with Crippen molar-refractivity contribution in [1.82, 2.24) is 4.83 Å². The SMILES string of the molecule is CCCCOc1ccc(/C=N\NS(=O)(=O)c2cc(C)ccc2C)cc1OC. The van der Waals surface area contributed by atoms with Crippen molar-refractivity contribution in [3.63, 3.8) is 0 Å². The first-order valence-electron chi connectivity index (χ1n) is 8.80. The van der Waals surface area contributed by atoms with E-state index in [2.05, 4.69) is 16.9 Å². The molecule has 0 heterocycles. The Balaban J connectivity index is 2.12. The Hall–Kier alpha value is -2.54. The number of ether oxygens (including phenoxy) is 2. The van der Waals surface area contributed by atoms with Gasteiger partial charge >= 0.3 is 0 Å². The van der Waals surface area contributed by atoms with Crippen LogP contribution >= 0.6 is 0 Å². The average Bonchev–Trinajstić information content (AvgIpc) is 2.64. The van der Waals surface area contributed by atoms with Crippen molar-refractivity contribution in [2.75, 3.05) is 13.7 Å². The van der Waals surface area contributed by atoms with Crippen molar-refractivity contribution in [2.24, 2.45) is 5.10 Å². The van der Waals surface area contributed by atoms with E-state index in [0.29, 0.717) is 29.2 Å². The predicted octanol–water partition coefficient (Wildman–Crippen LogP) is 3.80. The summed E-state index contributed by atoms with van der Waals surface area (Å²) in [5, 5.41) is 3.88. The van der Waals surface area contributed by atoms with Gasteiger partial charge in [0.15, 0.2) is 11.5 Å². The van der Waals surface area contributed by atoms with Gasteiger partial charge in [-0.1, -0.05) is 25.5 Å². The summed E-state index contributed by atoms with van der Waals surface area (Å²) in [6.07, 6.45) is 3.45. The van der Waals surface area contributed by atoms with Gasteiger partial charge in [-0.25, -0.2) is 4.83 Å². The highest BCUT2D eigenvalue weighted by atomic mass is 32.2. The van der Waals surface area contributed by atoms with Crippen LogP contribution in [-0.2, 0) is 10.0 Å². The second-order valence-electron chi connectivity index (χ2n) is 6.23. The predicted molar refractivity (Wildman–Crippen MR) is 107 cm³/mol. The minimum absolute atomic E-state index is 0.219. The third-order valence-corrected chi connectivity index (χ3v) is 5.33. The molecule has 2 rings (SSSR count). The summed E-state index contributed by atoms with van der Waals surface area (Å²) in [4.78, 5) is 2.47. The van der Waals surface area contributed by atoms with Gasteiger partial charge in [0.05, 0.1) is 24.8 Å². The molecule has 0 fully saturated rings. The standard InChI is InChI=1S/C20H26N2O4S/c1-5-6-11-26-18-10-9-17(13-19(18)25-4)14-21-22-27(23,24)20-12-15(2)7-8-16(20)3/h7-10,12-14,22H,5-6,11H2,1-4H3/b21-14-. The number of rotatable bonds is 9. The molecule has 0 radical (unpaired) electrons. The molecule has 0 aliphatic carbocycles. The summed E-state index contributed by atoms with van der Waals surface area (Å²) in [6, 6.07) is 10.6. The number of nitrogens with one attached hydrogen (secondary N) is 1. The van der Waals surface area contributed by atoms with Crippen molar-refractivity contribution >= 4 is 16.2 Å². The summed E-state index contributed by atoms with van der Waals surface area (Å²) in [6.45, 7) is 6.31.